The molecule has 0 aromatic heterocycles. The average Bonchev–Trinajstić information content (AvgIpc) is 4.28. The average molecular weight is 1080 g/mol. The second kappa shape index (κ2) is 20.2. The number of ether oxygens (including phenoxy) is 14. The third-order valence-electron chi connectivity index (χ3n) is 21.1. The predicted octanol–water partition coefficient (Wildman–Crippen LogP) is 7.51. The molecule has 0 aliphatic carbocycles. The third-order valence-corrected chi connectivity index (χ3v) is 21.1. The van der Waals surface area contributed by atoms with E-state index >= 15 is 0 Å². The van der Waals surface area contributed by atoms with Crippen molar-refractivity contribution in [1.29, 1.82) is 0 Å². The molecule has 0 unspecified atom stereocenters. The molecule has 14 saturated heterocycles. The third kappa shape index (κ3) is 9.69. The molecular formula is C58H83N3O16. The van der Waals surface area contributed by atoms with Crippen molar-refractivity contribution in [2.45, 2.75) is 301 Å². The van der Waals surface area contributed by atoms with Gasteiger partial charge in [0.1, 0.15) is 12.2 Å². The molecule has 19 nitrogen and oxygen atoms in total. The van der Waals surface area contributed by atoms with Crippen LogP contribution in [-0.2, 0) is 71.1 Å². The number of carbonyl (C=O) groups is 1. The second-order valence-corrected chi connectivity index (χ2v) is 26.5. The van der Waals surface area contributed by atoms with Crippen molar-refractivity contribution in [3.05, 3.63) is 34.7 Å². The maximum Gasteiger partial charge on any atom is 0.308 e. The van der Waals surface area contributed by atoms with Gasteiger partial charge in [-0.1, -0.05) is 46.0 Å². The van der Waals surface area contributed by atoms with Crippen molar-refractivity contribution in [1.82, 2.24) is 0 Å². The zero-order valence-corrected chi connectivity index (χ0v) is 45.5. The molecule has 14 aliphatic heterocycles. The predicted molar refractivity (Wildman–Crippen MR) is 271 cm³/mol. The van der Waals surface area contributed by atoms with Crippen LogP contribution in [0.1, 0.15) is 150 Å². The van der Waals surface area contributed by atoms with E-state index in [1.807, 2.05) is 0 Å². The molecule has 3 spiro atoms. The first-order valence-corrected chi connectivity index (χ1v) is 30.0. The number of esters is 1. The molecule has 0 amide bonds. The second-order valence-electron chi connectivity index (χ2n) is 26.5. The van der Waals surface area contributed by atoms with Gasteiger partial charge in [-0.05, 0) is 85.8 Å². The van der Waals surface area contributed by atoms with Crippen molar-refractivity contribution < 1.29 is 76.2 Å². The van der Waals surface area contributed by atoms with Crippen LogP contribution in [0.25, 0.3) is 10.4 Å². The van der Waals surface area contributed by atoms with Crippen LogP contribution in [0.2, 0.25) is 0 Å². The molecule has 10 bridgehead atoms. The van der Waals surface area contributed by atoms with Crippen molar-refractivity contribution in [3.63, 3.8) is 0 Å². The minimum atomic E-state index is -0.917. The van der Waals surface area contributed by atoms with E-state index in [0.29, 0.717) is 57.8 Å². The lowest BCUT2D eigenvalue weighted by Gasteiger charge is -2.54. The summed E-state index contributed by atoms with van der Waals surface area (Å²) >= 11 is 0. The van der Waals surface area contributed by atoms with Gasteiger partial charge in [0.25, 0.3) is 0 Å². The highest BCUT2D eigenvalue weighted by molar-refractivity contribution is 5.70. The first-order valence-electron chi connectivity index (χ1n) is 30.0. The highest BCUT2D eigenvalue weighted by Crippen LogP contribution is 2.56. The molecule has 29 atom stereocenters. The van der Waals surface area contributed by atoms with E-state index in [4.69, 9.17) is 71.8 Å². The minimum absolute atomic E-state index is 0.00524. The maximum atomic E-state index is 14.5. The summed E-state index contributed by atoms with van der Waals surface area (Å²) in [5, 5.41) is 14.7. The summed E-state index contributed by atoms with van der Waals surface area (Å²) in [5.74, 6) is -2.63. The molecule has 0 aromatic carbocycles. The van der Waals surface area contributed by atoms with Crippen molar-refractivity contribution in [3.8, 4) is 0 Å². The summed E-state index contributed by atoms with van der Waals surface area (Å²) in [6.45, 7) is 17.9. The molecule has 0 saturated carbocycles. The van der Waals surface area contributed by atoms with Gasteiger partial charge in [-0.25, -0.2) is 0 Å². The van der Waals surface area contributed by atoms with E-state index in [1.54, 1.807) is 0 Å². The normalized spacial score (nSPS) is 56.1. The molecular weight excluding hydrogens is 995 g/mol. The molecule has 1 N–H and O–H groups in total. The fourth-order valence-electron chi connectivity index (χ4n) is 17.4. The monoisotopic (exact) mass is 1080 g/mol. The van der Waals surface area contributed by atoms with Gasteiger partial charge in [-0.15, -0.1) is 0 Å². The summed E-state index contributed by atoms with van der Waals surface area (Å²) < 4.78 is 96.6. The Morgan fingerprint density at radius 1 is 0.545 bits per heavy atom. The van der Waals surface area contributed by atoms with Crippen LogP contribution in [0.5, 0.6) is 0 Å². The fourth-order valence-corrected chi connectivity index (χ4v) is 17.4. The highest BCUT2D eigenvalue weighted by Gasteiger charge is 2.65. The lowest BCUT2D eigenvalue weighted by Crippen LogP contribution is -2.62. The number of hydrogen-bond donors (Lipinski definition) is 1. The summed E-state index contributed by atoms with van der Waals surface area (Å²) in [4.78, 5) is 17.4. The fraction of sp³-hybridized carbons (Fsp3) is 0.914. The number of nitrogens with zero attached hydrogens (tertiary/aromatic N) is 3. The number of azide groups is 1. The number of fused-ring (bicyclic) bond motifs is 13. The molecule has 14 heterocycles. The van der Waals surface area contributed by atoms with Gasteiger partial charge in [0, 0.05) is 75.0 Å². The standard InChI is InChI=1S/C58H83N3O16/c1-27-15-33-7-9-37-28(2)16-35(64-37)11-13-56-14-12-38(72-56)41-20-46(74-56)55-39(67-41)10-8-34(66-55)17-50(63)71-54-32(6)53-44(68-43(54)19-40(65-33)31(27)5)21-42-47(69-53)24-58(73-42)25-48-52(77-58)30(4)23-57(76-48)22-29(3)51-45(75-57)18-36(62)49(70-51)26-60-61-59/h27,29-30,32-49,51-55,62H,2,5,7-26H2,1,3-4,6H3/t27-,29+,30+,32+,33+,34-,35+,36-,37+,38+,39+,40-,41-,42-,43+,44+,45+,46-,47-,48+,49-,51+,52+,53+,54-,55+,56+,57-,58+/m1/s1. The van der Waals surface area contributed by atoms with Gasteiger partial charge >= 0.3 is 5.97 Å². The maximum absolute atomic E-state index is 14.5. The van der Waals surface area contributed by atoms with Crippen LogP contribution in [0.4, 0.5) is 0 Å². The Bertz CT molecular complexity index is 2330. The van der Waals surface area contributed by atoms with Crippen LogP contribution >= 0.6 is 0 Å². The summed E-state index contributed by atoms with van der Waals surface area (Å²) in [6.07, 6.45) is 6.45. The van der Waals surface area contributed by atoms with Gasteiger partial charge in [0.15, 0.2) is 17.4 Å². The molecule has 77 heavy (non-hydrogen) atoms. The SMILES string of the molecule is C=C1C[C@@H]2CC[C@]34CC[C@H](O3)[C@H]3C[C@@H](O4)[C@H]4O[C@H](CC[C@@H]4O3)CC(=O)O[C@@H]3[C@@H](C)[C@@H]4O[C@@H]5C[C@]6(C[C@@H]7O[C@]8(C[C@H](C)[C@@H]9O[C@H](CN=[N+]=[N-])[C@H](O)C[C@@H]9O8)C[C@H](C)[C@@H]7O6)O[C@@H]5C[C@@H]4O[C@H]3C[C@H]3O[C@@H](CC[C@@H]1O2)C[C@@H](C)C3=C. The molecule has 426 valence electrons. The first kappa shape index (κ1) is 52.8. The highest BCUT2D eigenvalue weighted by atomic mass is 16.8. The van der Waals surface area contributed by atoms with Crippen molar-refractivity contribution >= 4 is 5.97 Å². The molecule has 0 aromatic rings. The van der Waals surface area contributed by atoms with E-state index in [0.717, 1.165) is 68.9 Å². The van der Waals surface area contributed by atoms with E-state index in [1.165, 1.54) is 0 Å². The van der Waals surface area contributed by atoms with Gasteiger partial charge in [-0.2, -0.15) is 0 Å². The molecule has 19 heteroatoms. The Labute approximate surface area is 452 Å². The Kier molecular flexibility index (Phi) is 13.9. The van der Waals surface area contributed by atoms with Crippen molar-refractivity contribution in [2.24, 2.45) is 28.8 Å². The number of aliphatic hydroxyl groups is 1. The summed E-state index contributed by atoms with van der Waals surface area (Å²) in [7, 11) is 0. The van der Waals surface area contributed by atoms with E-state index in [2.05, 4.69) is 50.9 Å². The minimum Gasteiger partial charge on any atom is -0.459 e. The molecule has 14 aliphatic rings. The Balaban J connectivity index is 0.686. The zero-order valence-electron chi connectivity index (χ0n) is 45.5. The first-order chi connectivity index (χ1) is 37.1. The van der Waals surface area contributed by atoms with Gasteiger partial charge in [-0.3, -0.25) is 4.79 Å². The smallest absolute Gasteiger partial charge is 0.308 e. The topological polar surface area (TPSA) is 215 Å². The van der Waals surface area contributed by atoms with Crippen LogP contribution in [0, 0.1) is 23.7 Å². The molecule has 14 rings (SSSR count). The lowest BCUT2D eigenvalue weighted by molar-refractivity contribution is -0.370. The van der Waals surface area contributed by atoms with Gasteiger partial charge < -0.3 is 71.4 Å². The summed E-state index contributed by atoms with van der Waals surface area (Å²) in [5.41, 5.74) is 11.1. The van der Waals surface area contributed by atoms with E-state index in [-0.39, 0.29) is 152 Å². The zero-order chi connectivity index (χ0) is 52.7. The largest absolute Gasteiger partial charge is 0.459 e. The van der Waals surface area contributed by atoms with Gasteiger partial charge in [0.05, 0.1) is 135 Å². The van der Waals surface area contributed by atoms with E-state index in [9.17, 15) is 9.90 Å². The Hall–Kier alpha value is -2.30. The van der Waals surface area contributed by atoms with Crippen LogP contribution in [0.3, 0.4) is 0 Å². The molecule has 14 fully saturated rings. The summed E-state index contributed by atoms with van der Waals surface area (Å²) in [6, 6.07) is 0. The van der Waals surface area contributed by atoms with Crippen LogP contribution in [-0.4, -0.2) is 169 Å². The number of carbonyl (C=O) groups excluding carboxylic acids is 1. The lowest BCUT2D eigenvalue weighted by atomic mass is 9.78. The number of hydrogen-bond acceptors (Lipinski definition) is 17. The number of aliphatic hydroxyl groups excluding tert-OH is 1. The quantitative estimate of drug-likeness (QED) is 0.0931. The van der Waals surface area contributed by atoms with E-state index < -0.39 is 41.8 Å². The van der Waals surface area contributed by atoms with Crippen LogP contribution < -0.4 is 0 Å². The number of rotatable bonds is 2. The van der Waals surface area contributed by atoms with Gasteiger partial charge in [0.2, 0.25) is 0 Å². The van der Waals surface area contributed by atoms with Crippen LogP contribution in [0.15, 0.2) is 29.4 Å². The Morgan fingerprint density at radius 3 is 2.08 bits per heavy atom. The Morgan fingerprint density at radius 2 is 1.22 bits per heavy atom. The van der Waals surface area contributed by atoms with Crippen molar-refractivity contribution in [2.75, 3.05) is 6.54 Å². The molecule has 0 radical (unpaired) electrons.